The van der Waals surface area contributed by atoms with Crippen LogP contribution in [0.3, 0.4) is 0 Å². The maximum atomic E-state index is 9.85. The second-order valence-electron chi connectivity index (χ2n) is 4.86. The Hall–Kier alpha value is -1.85. The lowest BCUT2D eigenvalue weighted by Crippen LogP contribution is -2.34. The molecule has 0 amide bonds. The molecule has 0 heterocycles. The molecule has 2 rings (SSSR count). The monoisotopic (exact) mass is 289 g/mol. The summed E-state index contributed by atoms with van der Waals surface area (Å²) in [7, 11) is 4.04. The standard InChI is InChI=1S/C15H19N3OS/c1-18(2)10-9-16-15(20)17-13-7-3-6-12-11(13)5-4-8-14(12)19/h3-8,19H,9-10H2,1-2H3,(H2,16,17,20). The Labute approximate surface area is 124 Å². The third-order valence-corrected chi connectivity index (χ3v) is 3.24. The second-order valence-corrected chi connectivity index (χ2v) is 5.27. The molecule has 20 heavy (non-hydrogen) atoms. The maximum Gasteiger partial charge on any atom is 0.170 e. The van der Waals surface area contributed by atoms with Crippen LogP contribution in [0.25, 0.3) is 10.8 Å². The first kappa shape index (κ1) is 14.6. The van der Waals surface area contributed by atoms with Crippen LogP contribution in [0.4, 0.5) is 5.69 Å². The van der Waals surface area contributed by atoms with E-state index in [1.54, 1.807) is 6.07 Å². The number of fused-ring (bicyclic) bond motifs is 1. The summed E-state index contributed by atoms with van der Waals surface area (Å²) in [6.07, 6.45) is 0. The molecule has 0 atom stereocenters. The molecule has 0 spiro atoms. The molecular weight excluding hydrogens is 270 g/mol. The van der Waals surface area contributed by atoms with E-state index in [1.807, 2.05) is 44.4 Å². The van der Waals surface area contributed by atoms with Crippen molar-refractivity contribution in [2.75, 3.05) is 32.5 Å². The predicted octanol–water partition coefficient (Wildman–Crippen LogP) is 2.39. The van der Waals surface area contributed by atoms with Gasteiger partial charge in [-0.05, 0) is 38.4 Å². The van der Waals surface area contributed by atoms with Gasteiger partial charge in [-0.15, -0.1) is 0 Å². The summed E-state index contributed by atoms with van der Waals surface area (Å²) in [6.45, 7) is 1.70. The molecule has 0 radical (unpaired) electrons. The number of anilines is 1. The lowest BCUT2D eigenvalue weighted by Gasteiger charge is -2.14. The Kier molecular flexibility index (Phi) is 4.76. The Morgan fingerprint density at radius 3 is 2.60 bits per heavy atom. The zero-order chi connectivity index (χ0) is 14.5. The molecule has 0 aliphatic carbocycles. The van der Waals surface area contributed by atoms with Crippen LogP contribution >= 0.6 is 12.2 Å². The number of thiocarbonyl (C=S) groups is 1. The van der Waals surface area contributed by atoms with Gasteiger partial charge >= 0.3 is 0 Å². The van der Waals surface area contributed by atoms with E-state index in [0.29, 0.717) is 5.11 Å². The van der Waals surface area contributed by atoms with Crippen LogP contribution in [-0.4, -0.2) is 42.3 Å². The number of benzene rings is 2. The van der Waals surface area contributed by atoms with E-state index in [9.17, 15) is 5.11 Å². The predicted molar refractivity (Wildman–Crippen MR) is 88.4 cm³/mol. The summed E-state index contributed by atoms with van der Waals surface area (Å²) in [6, 6.07) is 11.2. The Morgan fingerprint density at radius 1 is 1.15 bits per heavy atom. The fourth-order valence-corrected chi connectivity index (χ4v) is 2.17. The smallest absolute Gasteiger partial charge is 0.170 e. The minimum Gasteiger partial charge on any atom is -0.507 e. The normalized spacial score (nSPS) is 10.8. The van der Waals surface area contributed by atoms with Gasteiger partial charge in [0.25, 0.3) is 0 Å². The summed E-state index contributed by atoms with van der Waals surface area (Å²) < 4.78 is 0. The van der Waals surface area contributed by atoms with Crippen LogP contribution in [0, 0.1) is 0 Å². The van der Waals surface area contributed by atoms with Crippen LogP contribution in [0.15, 0.2) is 36.4 Å². The zero-order valence-electron chi connectivity index (χ0n) is 11.7. The number of nitrogens with zero attached hydrogens (tertiary/aromatic N) is 1. The van der Waals surface area contributed by atoms with Crippen LogP contribution in [0.5, 0.6) is 5.75 Å². The van der Waals surface area contributed by atoms with Gasteiger partial charge in [-0.3, -0.25) is 0 Å². The van der Waals surface area contributed by atoms with Crippen molar-refractivity contribution in [1.29, 1.82) is 0 Å². The molecule has 2 aromatic carbocycles. The highest BCUT2D eigenvalue weighted by Crippen LogP contribution is 2.29. The molecule has 0 bridgehead atoms. The molecule has 0 fully saturated rings. The van der Waals surface area contributed by atoms with E-state index in [4.69, 9.17) is 12.2 Å². The zero-order valence-corrected chi connectivity index (χ0v) is 12.5. The largest absolute Gasteiger partial charge is 0.507 e. The average Bonchev–Trinajstić information content (AvgIpc) is 2.39. The maximum absolute atomic E-state index is 9.85. The van der Waals surface area contributed by atoms with Crippen LogP contribution in [-0.2, 0) is 0 Å². The summed E-state index contributed by atoms with van der Waals surface area (Å²) in [4.78, 5) is 2.09. The number of phenolic OH excluding ortho intramolecular Hbond substituents is 1. The highest BCUT2D eigenvalue weighted by molar-refractivity contribution is 7.80. The molecule has 0 saturated carbocycles. The van der Waals surface area contributed by atoms with Gasteiger partial charge in [-0.25, -0.2) is 0 Å². The second kappa shape index (κ2) is 6.54. The molecule has 0 aliphatic rings. The third kappa shape index (κ3) is 3.59. The van der Waals surface area contributed by atoms with Gasteiger partial charge in [0.05, 0.1) is 0 Å². The van der Waals surface area contributed by atoms with E-state index in [1.165, 1.54) is 0 Å². The Balaban J connectivity index is 2.10. The first-order valence-corrected chi connectivity index (χ1v) is 6.89. The van der Waals surface area contributed by atoms with Gasteiger partial charge in [-0.2, -0.15) is 0 Å². The molecule has 0 unspecified atom stereocenters. The van der Waals surface area contributed by atoms with Crippen molar-refractivity contribution in [2.24, 2.45) is 0 Å². The van der Waals surface area contributed by atoms with E-state index in [0.717, 1.165) is 29.5 Å². The summed E-state index contributed by atoms with van der Waals surface area (Å²) in [5.41, 5.74) is 0.890. The van der Waals surface area contributed by atoms with Crippen molar-refractivity contribution in [3.63, 3.8) is 0 Å². The van der Waals surface area contributed by atoms with Gasteiger partial charge in [-0.1, -0.05) is 24.3 Å². The minimum atomic E-state index is 0.276. The number of nitrogens with one attached hydrogen (secondary N) is 2. The molecule has 4 nitrogen and oxygen atoms in total. The SMILES string of the molecule is CN(C)CCNC(=S)Nc1cccc2c(O)cccc12. The lowest BCUT2D eigenvalue weighted by molar-refractivity contribution is 0.413. The van der Waals surface area contributed by atoms with Crippen molar-refractivity contribution in [3.8, 4) is 5.75 Å². The summed E-state index contributed by atoms with van der Waals surface area (Å²) >= 11 is 5.28. The lowest BCUT2D eigenvalue weighted by atomic mass is 10.1. The number of aromatic hydroxyl groups is 1. The van der Waals surface area contributed by atoms with Crippen molar-refractivity contribution in [3.05, 3.63) is 36.4 Å². The number of hydrogen-bond acceptors (Lipinski definition) is 3. The molecule has 2 aromatic rings. The van der Waals surface area contributed by atoms with Gasteiger partial charge in [0, 0.05) is 29.5 Å². The minimum absolute atomic E-state index is 0.276. The summed E-state index contributed by atoms with van der Waals surface area (Å²) in [5, 5.41) is 18.5. The fraction of sp³-hybridized carbons (Fsp3) is 0.267. The van der Waals surface area contributed by atoms with E-state index in [-0.39, 0.29) is 5.75 Å². The molecule has 3 N–H and O–H groups in total. The Morgan fingerprint density at radius 2 is 1.85 bits per heavy atom. The Bertz CT molecular complexity index is 613. The number of likely N-dealkylation sites (N-methyl/N-ethyl adjacent to an activating group) is 1. The van der Waals surface area contributed by atoms with E-state index >= 15 is 0 Å². The van der Waals surface area contributed by atoms with Crippen molar-refractivity contribution in [2.45, 2.75) is 0 Å². The molecule has 0 saturated heterocycles. The first-order valence-electron chi connectivity index (χ1n) is 6.48. The molecule has 106 valence electrons. The highest BCUT2D eigenvalue weighted by atomic mass is 32.1. The van der Waals surface area contributed by atoms with E-state index < -0.39 is 0 Å². The van der Waals surface area contributed by atoms with E-state index in [2.05, 4.69) is 15.5 Å². The first-order chi connectivity index (χ1) is 9.58. The van der Waals surface area contributed by atoms with Gasteiger partial charge in [0.1, 0.15) is 5.75 Å². The number of rotatable bonds is 4. The molecule has 5 heteroatoms. The van der Waals surface area contributed by atoms with Crippen LogP contribution < -0.4 is 10.6 Å². The highest BCUT2D eigenvalue weighted by Gasteiger charge is 2.05. The third-order valence-electron chi connectivity index (χ3n) is 2.99. The van der Waals surface area contributed by atoms with Gasteiger partial charge in [0.15, 0.2) is 5.11 Å². The molecule has 0 aromatic heterocycles. The fourth-order valence-electron chi connectivity index (χ4n) is 1.96. The van der Waals surface area contributed by atoms with Crippen molar-refractivity contribution in [1.82, 2.24) is 10.2 Å². The van der Waals surface area contributed by atoms with Crippen LogP contribution in [0.2, 0.25) is 0 Å². The topological polar surface area (TPSA) is 47.5 Å². The van der Waals surface area contributed by atoms with Crippen molar-refractivity contribution >= 4 is 33.8 Å². The molecular formula is C15H19N3OS. The quantitative estimate of drug-likeness (QED) is 0.755. The number of hydrogen-bond donors (Lipinski definition) is 3. The molecule has 0 aliphatic heterocycles. The summed E-state index contributed by atoms with van der Waals surface area (Å²) in [5.74, 6) is 0.276. The van der Waals surface area contributed by atoms with Crippen molar-refractivity contribution < 1.29 is 5.11 Å². The van der Waals surface area contributed by atoms with Crippen LogP contribution in [0.1, 0.15) is 0 Å². The van der Waals surface area contributed by atoms with Gasteiger partial charge in [0.2, 0.25) is 0 Å². The number of phenols is 1. The van der Waals surface area contributed by atoms with Gasteiger partial charge < -0.3 is 20.6 Å². The average molecular weight is 289 g/mol.